The number of anilines is 3. The second-order valence-electron chi connectivity index (χ2n) is 8.03. The summed E-state index contributed by atoms with van der Waals surface area (Å²) in [7, 11) is 0. The first-order valence-corrected chi connectivity index (χ1v) is 11.3. The molecule has 0 aliphatic carbocycles. The van der Waals surface area contributed by atoms with Crippen molar-refractivity contribution in [2.75, 3.05) is 43.0 Å². The van der Waals surface area contributed by atoms with Crippen LogP contribution < -0.4 is 15.0 Å². The quantitative estimate of drug-likeness (QED) is 0.555. The number of benzene rings is 2. The number of fused-ring (bicyclic) bond motifs is 3. The van der Waals surface area contributed by atoms with Gasteiger partial charge in [-0.05, 0) is 56.3 Å². The van der Waals surface area contributed by atoms with Gasteiger partial charge in [0.15, 0.2) is 5.75 Å². The zero-order chi connectivity index (χ0) is 22.8. The van der Waals surface area contributed by atoms with Crippen LogP contribution in [0.2, 0.25) is 5.02 Å². The molecule has 0 radical (unpaired) electrons. The number of carbonyl (C=O) groups is 1. The predicted molar refractivity (Wildman–Crippen MR) is 127 cm³/mol. The van der Waals surface area contributed by atoms with E-state index >= 15 is 0 Å². The highest BCUT2D eigenvalue weighted by Crippen LogP contribution is 2.41. The summed E-state index contributed by atoms with van der Waals surface area (Å²) in [5.74, 6) is 0.437. The SMILES string of the molecule is O=C(/C=C/CN1CCCC1)N1CCOc2c1ccc1ncnc(Nc3ccc(F)c(Cl)c3)c21. The maximum atomic E-state index is 13.6. The van der Waals surface area contributed by atoms with Gasteiger partial charge in [0.05, 0.1) is 28.2 Å². The summed E-state index contributed by atoms with van der Waals surface area (Å²) >= 11 is 5.92. The van der Waals surface area contributed by atoms with E-state index in [0.717, 1.165) is 19.6 Å². The third-order valence-electron chi connectivity index (χ3n) is 5.86. The molecule has 1 amide bonds. The van der Waals surface area contributed by atoms with E-state index in [4.69, 9.17) is 16.3 Å². The predicted octanol–water partition coefficient (Wildman–Crippen LogP) is 4.54. The van der Waals surface area contributed by atoms with Crippen LogP contribution >= 0.6 is 11.6 Å². The van der Waals surface area contributed by atoms with Crippen molar-refractivity contribution < 1.29 is 13.9 Å². The van der Waals surface area contributed by atoms with Crippen LogP contribution in [0.25, 0.3) is 10.9 Å². The Bertz CT molecular complexity index is 1230. The van der Waals surface area contributed by atoms with E-state index in [1.807, 2.05) is 18.2 Å². The molecule has 1 N–H and O–H groups in total. The summed E-state index contributed by atoms with van der Waals surface area (Å²) in [4.78, 5) is 25.7. The molecule has 0 saturated carbocycles. The van der Waals surface area contributed by atoms with Gasteiger partial charge in [-0.2, -0.15) is 0 Å². The van der Waals surface area contributed by atoms with Gasteiger partial charge in [0.25, 0.3) is 5.91 Å². The van der Waals surface area contributed by atoms with E-state index in [9.17, 15) is 9.18 Å². The Morgan fingerprint density at radius 2 is 2.03 bits per heavy atom. The van der Waals surface area contributed by atoms with Crippen LogP contribution in [0.5, 0.6) is 5.75 Å². The van der Waals surface area contributed by atoms with Crippen molar-refractivity contribution in [1.29, 1.82) is 0 Å². The average Bonchev–Trinajstić information content (AvgIpc) is 3.34. The number of amides is 1. The molecular formula is C24H23ClFN5O2. The van der Waals surface area contributed by atoms with Gasteiger partial charge in [-0.1, -0.05) is 17.7 Å². The number of nitrogens with one attached hydrogen (secondary N) is 1. The molecule has 0 bridgehead atoms. The molecule has 1 aromatic heterocycles. The second-order valence-corrected chi connectivity index (χ2v) is 8.44. The van der Waals surface area contributed by atoms with Crippen LogP contribution in [0.4, 0.5) is 21.6 Å². The molecule has 5 rings (SSSR count). The minimum absolute atomic E-state index is 0.00845. The normalized spacial score (nSPS) is 16.2. The summed E-state index contributed by atoms with van der Waals surface area (Å²) in [5, 5.41) is 3.83. The Balaban J connectivity index is 1.46. The Labute approximate surface area is 195 Å². The fourth-order valence-electron chi connectivity index (χ4n) is 4.22. The van der Waals surface area contributed by atoms with E-state index in [0.29, 0.717) is 47.0 Å². The minimum Gasteiger partial charge on any atom is -0.489 e. The van der Waals surface area contributed by atoms with Gasteiger partial charge >= 0.3 is 0 Å². The molecule has 3 aromatic rings. The third-order valence-corrected chi connectivity index (χ3v) is 6.15. The van der Waals surface area contributed by atoms with E-state index in [1.54, 1.807) is 17.0 Å². The van der Waals surface area contributed by atoms with E-state index < -0.39 is 5.82 Å². The Morgan fingerprint density at radius 1 is 1.18 bits per heavy atom. The second kappa shape index (κ2) is 9.33. The van der Waals surface area contributed by atoms with Crippen LogP contribution in [-0.2, 0) is 4.79 Å². The molecule has 1 saturated heterocycles. The van der Waals surface area contributed by atoms with E-state index in [1.165, 1.54) is 31.3 Å². The summed E-state index contributed by atoms with van der Waals surface area (Å²) in [6.45, 7) is 3.76. The number of nitrogens with zero attached hydrogens (tertiary/aromatic N) is 4. The lowest BCUT2D eigenvalue weighted by Crippen LogP contribution is -2.37. The number of ether oxygens (including phenoxy) is 1. The van der Waals surface area contributed by atoms with Crippen LogP contribution in [-0.4, -0.2) is 53.6 Å². The smallest absolute Gasteiger partial charge is 0.250 e. The first kappa shape index (κ1) is 21.6. The van der Waals surface area contributed by atoms with E-state index in [2.05, 4.69) is 20.2 Å². The lowest BCUT2D eigenvalue weighted by molar-refractivity contribution is -0.114. The molecule has 1 fully saturated rings. The zero-order valence-electron chi connectivity index (χ0n) is 17.9. The molecule has 7 nitrogen and oxygen atoms in total. The lowest BCUT2D eigenvalue weighted by Gasteiger charge is -2.30. The van der Waals surface area contributed by atoms with E-state index in [-0.39, 0.29) is 10.9 Å². The number of hydrogen-bond acceptors (Lipinski definition) is 6. The maximum Gasteiger partial charge on any atom is 0.250 e. The molecule has 2 aromatic carbocycles. The van der Waals surface area contributed by atoms with Gasteiger partial charge in [0.1, 0.15) is 24.6 Å². The third kappa shape index (κ3) is 4.49. The van der Waals surface area contributed by atoms with Crippen LogP contribution in [0.15, 0.2) is 48.8 Å². The van der Waals surface area contributed by atoms with Crippen molar-refractivity contribution in [2.24, 2.45) is 0 Å². The van der Waals surface area contributed by atoms with Crippen LogP contribution in [0.3, 0.4) is 0 Å². The zero-order valence-corrected chi connectivity index (χ0v) is 18.7. The molecule has 33 heavy (non-hydrogen) atoms. The summed E-state index contributed by atoms with van der Waals surface area (Å²) in [6, 6.07) is 8.03. The molecule has 0 spiro atoms. The number of carbonyl (C=O) groups excluding carboxylic acids is 1. The number of hydrogen-bond donors (Lipinski definition) is 1. The molecule has 0 unspecified atom stereocenters. The van der Waals surface area contributed by atoms with Gasteiger partial charge in [0, 0.05) is 18.3 Å². The molecule has 3 heterocycles. The van der Waals surface area contributed by atoms with Crippen molar-refractivity contribution in [3.63, 3.8) is 0 Å². The number of likely N-dealkylation sites (tertiary alicyclic amines) is 1. The fraction of sp³-hybridized carbons (Fsp3) is 0.292. The van der Waals surface area contributed by atoms with Crippen molar-refractivity contribution >= 4 is 45.6 Å². The van der Waals surface area contributed by atoms with Crippen molar-refractivity contribution in [1.82, 2.24) is 14.9 Å². The monoisotopic (exact) mass is 467 g/mol. The molecule has 2 aliphatic heterocycles. The summed E-state index contributed by atoms with van der Waals surface area (Å²) in [6.07, 6.45) is 7.44. The van der Waals surface area contributed by atoms with Gasteiger partial charge < -0.3 is 15.0 Å². The van der Waals surface area contributed by atoms with Crippen LogP contribution in [0.1, 0.15) is 12.8 Å². The fourth-order valence-corrected chi connectivity index (χ4v) is 4.40. The Hall–Kier alpha value is -3.23. The van der Waals surface area contributed by atoms with Gasteiger partial charge in [-0.3, -0.25) is 9.69 Å². The minimum atomic E-state index is -0.498. The topological polar surface area (TPSA) is 70.6 Å². The number of halogens is 2. The van der Waals surface area contributed by atoms with Gasteiger partial charge in [0.2, 0.25) is 0 Å². The molecule has 0 atom stereocenters. The number of aromatic nitrogens is 2. The highest BCUT2D eigenvalue weighted by atomic mass is 35.5. The maximum absolute atomic E-state index is 13.6. The largest absolute Gasteiger partial charge is 0.489 e. The average molecular weight is 468 g/mol. The summed E-state index contributed by atoms with van der Waals surface area (Å²) in [5.41, 5.74) is 1.91. The molecule has 9 heteroatoms. The van der Waals surface area contributed by atoms with Crippen molar-refractivity contribution in [3.05, 3.63) is 59.7 Å². The van der Waals surface area contributed by atoms with Crippen molar-refractivity contribution in [3.8, 4) is 5.75 Å². The van der Waals surface area contributed by atoms with Gasteiger partial charge in [-0.25, -0.2) is 14.4 Å². The van der Waals surface area contributed by atoms with Crippen molar-refractivity contribution in [2.45, 2.75) is 12.8 Å². The molecule has 2 aliphatic rings. The molecular weight excluding hydrogens is 445 g/mol. The Morgan fingerprint density at radius 3 is 2.85 bits per heavy atom. The lowest BCUT2D eigenvalue weighted by atomic mass is 10.1. The summed E-state index contributed by atoms with van der Waals surface area (Å²) < 4.78 is 19.6. The number of rotatable bonds is 5. The Kier molecular flexibility index (Phi) is 6.11. The highest BCUT2D eigenvalue weighted by Gasteiger charge is 2.26. The van der Waals surface area contributed by atoms with Gasteiger partial charge in [-0.15, -0.1) is 0 Å². The first-order chi connectivity index (χ1) is 16.1. The molecule has 170 valence electrons. The first-order valence-electron chi connectivity index (χ1n) is 10.9. The van der Waals surface area contributed by atoms with Crippen LogP contribution in [0, 0.1) is 5.82 Å². The highest BCUT2D eigenvalue weighted by molar-refractivity contribution is 6.31. The standard InChI is InChI=1S/C24H23ClFN5O2/c25-17-14-16(5-6-18(17)26)29-24-22-19(27-15-28-24)7-8-20-23(22)33-13-12-31(20)21(32)4-3-11-30-9-1-2-10-30/h3-8,14-15H,1-2,9-13H2,(H,27,28,29)/b4-3+.